The van der Waals surface area contributed by atoms with E-state index in [4.69, 9.17) is 4.74 Å². The molecule has 0 amide bonds. The van der Waals surface area contributed by atoms with Crippen molar-refractivity contribution in [1.82, 2.24) is 5.32 Å². The number of ether oxygens (including phenoxy) is 1. The Morgan fingerprint density at radius 3 is 2.83 bits per heavy atom. The summed E-state index contributed by atoms with van der Waals surface area (Å²) < 4.78 is 5.42. The Labute approximate surface area is 156 Å². The summed E-state index contributed by atoms with van der Waals surface area (Å²) in [6.07, 6.45) is 3.70. The van der Waals surface area contributed by atoms with E-state index in [1.807, 2.05) is 11.3 Å². The number of rotatable bonds is 6. The molecular formula is C20H28ClNOS. The van der Waals surface area contributed by atoms with Gasteiger partial charge in [0.2, 0.25) is 0 Å². The van der Waals surface area contributed by atoms with E-state index in [-0.39, 0.29) is 12.4 Å². The van der Waals surface area contributed by atoms with Crippen LogP contribution in [0.5, 0.6) is 5.75 Å². The number of nitrogens with one attached hydrogen (secondary N) is 1. The smallest absolute Gasteiger partial charge is 0.119 e. The molecule has 0 radical (unpaired) electrons. The molecule has 1 N–H and O–H groups in total. The van der Waals surface area contributed by atoms with Crippen LogP contribution in [0.1, 0.15) is 47.6 Å². The summed E-state index contributed by atoms with van der Waals surface area (Å²) >= 11 is 1.89. The van der Waals surface area contributed by atoms with Crippen molar-refractivity contribution in [3.63, 3.8) is 0 Å². The van der Waals surface area contributed by atoms with E-state index in [0.29, 0.717) is 11.8 Å². The van der Waals surface area contributed by atoms with Gasteiger partial charge in [0.15, 0.2) is 0 Å². The number of benzene rings is 1. The molecule has 1 aliphatic rings. The van der Waals surface area contributed by atoms with Crippen molar-refractivity contribution in [3.05, 3.63) is 51.7 Å². The molecule has 2 aromatic rings. The molecule has 1 heterocycles. The number of hydrogen-bond acceptors (Lipinski definition) is 3. The summed E-state index contributed by atoms with van der Waals surface area (Å²) in [6, 6.07) is 11.1. The maximum Gasteiger partial charge on any atom is 0.119 e. The van der Waals surface area contributed by atoms with Crippen molar-refractivity contribution in [2.24, 2.45) is 5.92 Å². The molecule has 0 bridgehead atoms. The highest BCUT2D eigenvalue weighted by Crippen LogP contribution is 2.42. The quantitative estimate of drug-likeness (QED) is 0.756. The molecule has 0 spiro atoms. The Bertz CT molecular complexity index is 629. The molecule has 1 aromatic carbocycles. The van der Waals surface area contributed by atoms with Gasteiger partial charge in [-0.05, 0) is 72.9 Å². The first kappa shape index (κ1) is 19.3. The van der Waals surface area contributed by atoms with Crippen LogP contribution in [-0.2, 0) is 6.42 Å². The number of hydrogen-bond donors (Lipinski definition) is 1. The summed E-state index contributed by atoms with van der Waals surface area (Å²) in [7, 11) is 3.81. The van der Waals surface area contributed by atoms with Gasteiger partial charge in [-0.2, -0.15) is 0 Å². The lowest BCUT2D eigenvalue weighted by Crippen LogP contribution is -2.23. The molecule has 2 nitrogen and oxygen atoms in total. The zero-order valence-corrected chi connectivity index (χ0v) is 16.4. The predicted molar refractivity (Wildman–Crippen MR) is 106 cm³/mol. The molecule has 3 atom stereocenters. The third-order valence-corrected chi connectivity index (χ3v) is 6.05. The largest absolute Gasteiger partial charge is 0.497 e. The lowest BCUT2D eigenvalue weighted by Gasteiger charge is -2.32. The topological polar surface area (TPSA) is 21.3 Å². The average molecular weight is 366 g/mol. The van der Waals surface area contributed by atoms with Gasteiger partial charge in [-0.1, -0.05) is 19.1 Å². The van der Waals surface area contributed by atoms with Crippen molar-refractivity contribution in [2.75, 3.05) is 20.7 Å². The van der Waals surface area contributed by atoms with Crippen LogP contribution >= 0.6 is 23.7 Å². The molecule has 0 saturated heterocycles. The minimum atomic E-state index is 0. The first-order chi connectivity index (χ1) is 11.2. The van der Waals surface area contributed by atoms with E-state index in [0.717, 1.165) is 18.2 Å². The molecule has 3 unspecified atom stereocenters. The van der Waals surface area contributed by atoms with Gasteiger partial charge in [0.1, 0.15) is 5.75 Å². The minimum absolute atomic E-state index is 0. The van der Waals surface area contributed by atoms with E-state index < -0.39 is 0 Å². The fourth-order valence-electron chi connectivity index (χ4n) is 3.99. The van der Waals surface area contributed by atoms with Crippen molar-refractivity contribution >= 4 is 23.7 Å². The van der Waals surface area contributed by atoms with Gasteiger partial charge in [-0.15, -0.1) is 23.7 Å². The SMILES string of the molecule is CNCC(CC1CC(C)Cc2cc(OC)ccc21)c1cccs1.Cl. The second kappa shape index (κ2) is 8.89. The van der Waals surface area contributed by atoms with Crippen molar-refractivity contribution < 1.29 is 4.74 Å². The van der Waals surface area contributed by atoms with Gasteiger partial charge < -0.3 is 10.1 Å². The molecule has 24 heavy (non-hydrogen) atoms. The number of thiophene rings is 1. The average Bonchev–Trinajstić information content (AvgIpc) is 3.08. The van der Waals surface area contributed by atoms with Crippen LogP contribution in [-0.4, -0.2) is 20.7 Å². The van der Waals surface area contributed by atoms with E-state index >= 15 is 0 Å². The summed E-state index contributed by atoms with van der Waals surface area (Å²) in [5.41, 5.74) is 3.03. The maximum absolute atomic E-state index is 5.42. The fraction of sp³-hybridized carbons (Fsp3) is 0.500. The maximum atomic E-state index is 5.42. The second-order valence-corrected chi connectivity index (χ2v) is 7.79. The third kappa shape index (κ3) is 4.33. The molecule has 1 aliphatic carbocycles. The number of methoxy groups -OCH3 is 1. The zero-order chi connectivity index (χ0) is 16.2. The molecule has 0 fully saturated rings. The highest BCUT2D eigenvalue weighted by molar-refractivity contribution is 7.10. The number of halogens is 1. The lowest BCUT2D eigenvalue weighted by atomic mass is 9.74. The van der Waals surface area contributed by atoms with Crippen LogP contribution in [0.2, 0.25) is 0 Å². The van der Waals surface area contributed by atoms with E-state index in [1.165, 1.54) is 29.7 Å². The van der Waals surface area contributed by atoms with Gasteiger partial charge in [-0.3, -0.25) is 0 Å². The Morgan fingerprint density at radius 2 is 2.17 bits per heavy atom. The monoisotopic (exact) mass is 365 g/mol. The van der Waals surface area contributed by atoms with E-state index in [1.54, 1.807) is 12.7 Å². The first-order valence-corrected chi connectivity index (χ1v) is 9.44. The highest BCUT2D eigenvalue weighted by Gasteiger charge is 2.28. The third-order valence-electron chi connectivity index (χ3n) is 5.01. The first-order valence-electron chi connectivity index (χ1n) is 8.56. The van der Waals surface area contributed by atoms with Crippen LogP contribution in [0, 0.1) is 5.92 Å². The van der Waals surface area contributed by atoms with Gasteiger partial charge in [0, 0.05) is 17.3 Å². The van der Waals surface area contributed by atoms with Crippen LogP contribution in [0.25, 0.3) is 0 Å². The van der Waals surface area contributed by atoms with Crippen molar-refractivity contribution in [2.45, 2.75) is 38.0 Å². The second-order valence-electron chi connectivity index (χ2n) is 6.81. The standard InChI is InChI=1S/C20H27NOS.ClH/c1-14-9-15(11-17(13-21-2)20-5-4-8-23-20)19-7-6-18(22-3)12-16(19)10-14;/h4-8,12,14-15,17,21H,9-11,13H2,1-3H3;1H. The Balaban J connectivity index is 0.00000208. The Morgan fingerprint density at radius 1 is 1.33 bits per heavy atom. The summed E-state index contributed by atoms with van der Waals surface area (Å²) in [5, 5.41) is 5.58. The van der Waals surface area contributed by atoms with Gasteiger partial charge in [0.05, 0.1) is 7.11 Å². The summed E-state index contributed by atoms with van der Waals surface area (Å²) in [6.45, 7) is 3.44. The molecule has 0 aliphatic heterocycles. The Kier molecular flexibility index (Phi) is 7.15. The molecule has 132 valence electrons. The zero-order valence-electron chi connectivity index (χ0n) is 14.7. The Hall–Kier alpha value is -1.03. The van der Waals surface area contributed by atoms with Crippen LogP contribution in [0.4, 0.5) is 0 Å². The van der Waals surface area contributed by atoms with E-state index in [2.05, 4.69) is 55.0 Å². The van der Waals surface area contributed by atoms with Gasteiger partial charge in [-0.25, -0.2) is 0 Å². The number of likely N-dealkylation sites (N-methyl/N-ethyl adjacent to an activating group) is 1. The number of fused-ring (bicyclic) bond motifs is 1. The lowest BCUT2D eigenvalue weighted by molar-refractivity contribution is 0.385. The van der Waals surface area contributed by atoms with Crippen molar-refractivity contribution in [3.8, 4) is 5.75 Å². The molecule has 0 saturated carbocycles. The molecular weight excluding hydrogens is 338 g/mol. The van der Waals surface area contributed by atoms with Gasteiger partial charge >= 0.3 is 0 Å². The van der Waals surface area contributed by atoms with Crippen LogP contribution in [0.3, 0.4) is 0 Å². The highest BCUT2D eigenvalue weighted by atomic mass is 35.5. The minimum Gasteiger partial charge on any atom is -0.497 e. The summed E-state index contributed by atoms with van der Waals surface area (Å²) in [5.74, 6) is 2.99. The summed E-state index contributed by atoms with van der Waals surface area (Å²) in [4.78, 5) is 1.51. The van der Waals surface area contributed by atoms with Crippen LogP contribution in [0.15, 0.2) is 35.7 Å². The van der Waals surface area contributed by atoms with Crippen LogP contribution < -0.4 is 10.1 Å². The molecule has 3 rings (SSSR count). The van der Waals surface area contributed by atoms with Crippen molar-refractivity contribution in [1.29, 1.82) is 0 Å². The molecule has 1 aromatic heterocycles. The van der Waals surface area contributed by atoms with Gasteiger partial charge in [0.25, 0.3) is 0 Å². The predicted octanol–water partition coefficient (Wildman–Crippen LogP) is 5.24. The fourth-order valence-corrected chi connectivity index (χ4v) is 4.84. The van der Waals surface area contributed by atoms with E-state index in [9.17, 15) is 0 Å². The normalized spacial score (nSPS) is 20.8. The molecule has 4 heteroatoms.